The van der Waals surface area contributed by atoms with Crippen LogP contribution in [0.1, 0.15) is 41.3 Å². The summed E-state index contributed by atoms with van der Waals surface area (Å²) in [6, 6.07) is 12.6. The van der Waals surface area contributed by atoms with Crippen LogP contribution in [0.5, 0.6) is 0 Å². The molecule has 34 heavy (non-hydrogen) atoms. The van der Waals surface area contributed by atoms with Gasteiger partial charge in [-0.1, -0.05) is 11.8 Å². The highest BCUT2D eigenvalue weighted by Gasteiger charge is 2.25. The number of ketones is 1. The molecule has 1 saturated heterocycles. The fraction of sp³-hybridized carbons (Fsp3) is 0.346. The zero-order valence-corrected chi connectivity index (χ0v) is 19.1. The molecule has 8 heteroatoms. The van der Waals surface area contributed by atoms with Crippen LogP contribution in [0.2, 0.25) is 0 Å². The zero-order valence-electron chi connectivity index (χ0n) is 19.1. The number of carbonyl (C=O) groups is 3. The summed E-state index contributed by atoms with van der Waals surface area (Å²) in [4.78, 5) is 38.3. The maximum absolute atomic E-state index is 12.4. The third-order valence-corrected chi connectivity index (χ3v) is 5.50. The van der Waals surface area contributed by atoms with Gasteiger partial charge in [0.25, 0.3) is 5.91 Å². The molecular formula is C26H29N3O5. The number of rotatable bonds is 8. The first-order chi connectivity index (χ1) is 16.4. The molecule has 0 radical (unpaired) electrons. The van der Waals surface area contributed by atoms with Gasteiger partial charge in [-0.2, -0.15) is 0 Å². The van der Waals surface area contributed by atoms with Crippen LogP contribution in [0.4, 0.5) is 5.69 Å². The van der Waals surface area contributed by atoms with Crippen molar-refractivity contribution in [1.29, 1.82) is 0 Å². The molecule has 0 aromatic heterocycles. The van der Waals surface area contributed by atoms with E-state index in [9.17, 15) is 19.5 Å². The number of carbonyl (C=O) groups excluding carboxylic acids is 3. The number of aliphatic hydroxyl groups excluding tert-OH is 2. The molecule has 4 N–H and O–H groups in total. The van der Waals surface area contributed by atoms with E-state index in [-0.39, 0.29) is 5.91 Å². The van der Waals surface area contributed by atoms with Crippen molar-refractivity contribution >= 4 is 23.3 Å². The second kappa shape index (κ2) is 12.1. The summed E-state index contributed by atoms with van der Waals surface area (Å²) in [5, 5.41) is 24.0. The second-order valence-electron chi connectivity index (χ2n) is 8.25. The molecule has 0 unspecified atom stereocenters. The molecule has 0 aliphatic carbocycles. The van der Waals surface area contributed by atoms with Crippen LogP contribution in [-0.2, 0) is 9.59 Å². The van der Waals surface area contributed by atoms with E-state index in [4.69, 9.17) is 5.11 Å². The van der Waals surface area contributed by atoms with Crippen molar-refractivity contribution in [2.45, 2.75) is 31.9 Å². The first kappa shape index (κ1) is 25.1. The predicted octanol–water partition coefficient (Wildman–Crippen LogP) is 1.16. The third kappa shape index (κ3) is 7.25. The Morgan fingerprint density at radius 3 is 2.06 bits per heavy atom. The number of likely N-dealkylation sites (tertiary alicyclic amines) is 1. The summed E-state index contributed by atoms with van der Waals surface area (Å²) < 4.78 is 0. The van der Waals surface area contributed by atoms with Gasteiger partial charge in [0.1, 0.15) is 12.6 Å². The minimum absolute atomic E-state index is 0.0228. The summed E-state index contributed by atoms with van der Waals surface area (Å²) >= 11 is 0. The molecule has 1 heterocycles. The van der Waals surface area contributed by atoms with E-state index in [2.05, 4.69) is 27.4 Å². The lowest BCUT2D eigenvalue weighted by Crippen LogP contribution is -2.48. The number of aliphatic hydroxyl groups is 2. The van der Waals surface area contributed by atoms with Gasteiger partial charge in [-0.3, -0.25) is 19.3 Å². The van der Waals surface area contributed by atoms with Crippen molar-refractivity contribution in [1.82, 2.24) is 10.2 Å². The average Bonchev–Trinajstić information content (AvgIpc) is 3.34. The van der Waals surface area contributed by atoms with Gasteiger partial charge in [0.2, 0.25) is 5.91 Å². The van der Waals surface area contributed by atoms with E-state index in [0.717, 1.165) is 37.2 Å². The predicted molar refractivity (Wildman–Crippen MR) is 128 cm³/mol. The third-order valence-electron chi connectivity index (χ3n) is 5.50. The molecule has 1 fully saturated rings. The minimum atomic E-state index is -1.18. The summed E-state index contributed by atoms with van der Waals surface area (Å²) in [7, 11) is 0. The van der Waals surface area contributed by atoms with E-state index < -0.39 is 30.4 Å². The standard InChI is InChI=1S/C26H29N3O5/c1-18(31)25(23(32)17-30)28-26(34)21-10-6-19(7-11-21)4-5-20-8-12-22(13-9-20)27-24(33)16-29-14-2-3-15-29/h6-13,18,25,30-31H,2-3,14-17H2,1H3,(H,27,33)(H,28,34)/t18-,25+/m1/s1. The number of Topliss-reactive ketones (excluding diaryl/α,β-unsaturated/α-hetero) is 1. The van der Waals surface area contributed by atoms with E-state index in [1.165, 1.54) is 6.92 Å². The molecule has 2 aromatic rings. The highest BCUT2D eigenvalue weighted by atomic mass is 16.3. The molecule has 2 atom stereocenters. The number of hydrogen-bond donors (Lipinski definition) is 4. The van der Waals surface area contributed by atoms with Gasteiger partial charge >= 0.3 is 0 Å². The maximum atomic E-state index is 12.4. The van der Waals surface area contributed by atoms with Crippen LogP contribution in [0, 0.1) is 11.8 Å². The van der Waals surface area contributed by atoms with Crippen LogP contribution in [0.3, 0.4) is 0 Å². The Morgan fingerprint density at radius 2 is 1.53 bits per heavy atom. The summed E-state index contributed by atoms with van der Waals surface area (Å²) in [6.07, 6.45) is 1.16. The number of hydrogen-bond acceptors (Lipinski definition) is 6. The molecule has 0 spiro atoms. The molecule has 0 bridgehead atoms. The topological polar surface area (TPSA) is 119 Å². The Bertz CT molecular complexity index is 1060. The molecule has 2 amide bonds. The summed E-state index contributed by atoms with van der Waals surface area (Å²) in [5.74, 6) is 4.84. The van der Waals surface area contributed by atoms with Gasteiger partial charge in [0.05, 0.1) is 12.6 Å². The zero-order chi connectivity index (χ0) is 24.5. The first-order valence-electron chi connectivity index (χ1n) is 11.2. The van der Waals surface area contributed by atoms with Crippen LogP contribution < -0.4 is 10.6 Å². The number of benzene rings is 2. The Morgan fingerprint density at radius 1 is 0.971 bits per heavy atom. The van der Waals surface area contributed by atoms with Crippen molar-refractivity contribution in [3.8, 4) is 11.8 Å². The van der Waals surface area contributed by atoms with Crippen LogP contribution in [0.25, 0.3) is 0 Å². The highest BCUT2D eigenvalue weighted by Crippen LogP contribution is 2.11. The van der Waals surface area contributed by atoms with Gasteiger partial charge in [0, 0.05) is 22.4 Å². The van der Waals surface area contributed by atoms with Crippen molar-refractivity contribution in [3.05, 3.63) is 65.2 Å². The number of anilines is 1. The lowest BCUT2D eigenvalue weighted by molar-refractivity contribution is -0.126. The lowest BCUT2D eigenvalue weighted by Gasteiger charge is -2.19. The van der Waals surface area contributed by atoms with Crippen molar-refractivity contribution in [2.24, 2.45) is 0 Å². The van der Waals surface area contributed by atoms with Gasteiger partial charge in [-0.05, 0) is 81.4 Å². The SMILES string of the molecule is C[C@@H](O)[C@H](NC(=O)c1ccc(C#Cc2ccc(NC(=O)CN3CCCC3)cc2)cc1)C(=O)CO. The monoisotopic (exact) mass is 463 g/mol. The molecule has 178 valence electrons. The average molecular weight is 464 g/mol. The second-order valence-corrected chi connectivity index (χ2v) is 8.25. The van der Waals surface area contributed by atoms with Gasteiger partial charge in [-0.25, -0.2) is 0 Å². The Kier molecular flexibility index (Phi) is 8.93. The van der Waals surface area contributed by atoms with E-state index in [0.29, 0.717) is 17.7 Å². The van der Waals surface area contributed by atoms with E-state index in [1.54, 1.807) is 24.3 Å². The van der Waals surface area contributed by atoms with Crippen LogP contribution in [0.15, 0.2) is 48.5 Å². The molecule has 8 nitrogen and oxygen atoms in total. The number of nitrogens with one attached hydrogen (secondary N) is 2. The molecule has 1 aliphatic heterocycles. The van der Waals surface area contributed by atoms with Crippen molar-refractivity contribution < 1.29 is 24.6 Å². The Balaban J connectivity index is 1.56. The largest absolute Gasteiger partial charge is 0.391 e. The minimum Gasteiger partial charge on any atom is -0.391 e. The number of nitrogens with zero attached hydrogens (tertiary/aromatic N) is 1. The molecular weight excluding hydrogens is 434 g/mol. The number of amides is 2. The lowest BCUT2D eigenvalue weighted by atomic mass is 10.1. The van der Waals surface area contributed by atoms with Crippen molar-refractivity contribution in [3.63, 3.8) is 0 Å². The molecule has 0 saturated carbocycles. The van der Waals surface area contributed by atoms with Gasteiger partial charge in [0.15, 0.2) is 5.78 Å². The van der Waals surface area contributed by atoms with E-state index >= 15 is 0 Å². The Labute approximate surface area is 199 Å². The van der Waals surface area contributed by atoms with Crippen LogP contribution in [-0.4, -0.2) is 71.1 Å². The van der Waals surface area contributed by atoms with Crippen LogP contribution >= 0.6 is 0 Å². The molecule has 2 aromatic carbocycles. The van der Waals surface area contributed by atoms with Gasteiger partial charge < -0.3 is 20.8 Å². The fourth-order valence-corrected chi connectivity index (χ4v) is 3.62. The smallest absolute Gasteiger partial charge is 0.251 e. The molecule has 3 rings (SSSR count). The van der Waals surface area contributed by atoms with E-state index in [1.807, 2.05) is 24.3 Å². The first-order valence-corrected chi connectivity index (χ1v) is 11.2. The summed E-state index contributed by atoms with van der Waals surface area (Å²) in [6.45, 7) is 2.95. The summed E-state index contributed by atoms with van der Waals surface area (Å²) in [5.41, 5.74) is 2.50. The van der Waals surface area contributed by atoms with Gasteiger partial charge in [-0.15, -0.1) is 0 Å². The maximum Gasteiger partial charge on any atom is 0.251 e. The fourth-order valence-electron chi connectivity index (χ4n) is 3.62. The highest BCUT2D eigenvalue weighted by molar-refractivity contribution is 5.98. The van der Waals surface area contributed by atoms with Crippen molar-refractivity contribution in [2.75, 3.05) is 31.6 Å². The Hall–Kier alpha value is -3.51. The molecule has 1 aliphatic rings. The normalized spacial score (nSPS) is 15.0. The quantitative estimate of drug-likeness (QED) is 0.437.